The van der Waals surface area contributed by atoms with Crippen LogP contribution < -0.4 is 10.2 Å². The molecule has 23 heavy (non-hydrogen) atoms. The summed E-state index contributed by atoms with van der Waals surface area (Å²) in [4.78, 5) is 24.5. The van der Waals surface area contributed by atoms with E-state index >= 15 is 0 Å². The minimum atomic E-state index is -4.56. The number of alkyl halides is 3. The number of carbonyl (C=O) groups is 2. The molecule has 0 aliphatic rings. The smallest absolute Gasteiger partial charge is 0.354 e. The van der Waals surface area contributed by atoms with E-state index in [9.17, 15) is 22.8 Å². The molecule has 2 amide bonds. The van der Waals surface area contributed by atoms with Gasteiger partial charge in [0.1, 0.15) is 0 Å². The molecule has 0 heterocycles. The molecule has 0 fully saturated rings. The lowest BCUT2D eigenvalue weighted by atomic mass is 9.96. The molecule has 7 heteroatoms. The number of hydrogen-bond acceptors (Lipinski definition) is 2. The summed E-state index contributed by atoms with van der Waals surface area (Å²) in [5, 5.41) is 2.62. The molecule has 1 aromatic carbocycles. The van der Waals surface area contributed by atoms with Gasteiger partial charge in [-0.05, 0) is 12.1 Å². The van der Waals surface area contributed by atoms with Crippen molar-refractivity contribution >= 4 is 17.5 Å². The summed E-state index contributed by atoms with van der Waals surface area (Å²) < 4.78 is 39.2. The fraction of sp³-hybridized carbons (Fsp3) is 0.500. The third-order valence-electron chi connectivity index (χ3n) is 3.18. The van der Waals surface area contributed by atoms with Gasteiger partial charge in [-0.2, -0.15) is 13.2 Å². The summed E-state index contributed by atoms with van der Waals surface area (Å²) in [5.41, 5.74) is -1.69. The van der Waals surface area contributed by atoms with Gasteiger partial charge in [0, 0.05) is 25.4 Å². The Balaban J connectivity index is 2.93. The number of halogens is 3. The molecule has 0 spiro atoms. The highest BCUT2D eigenvalue weighted by molar-refractivity contribution is 5.92. The molecule has 1 rings (SSSR count). The van der Waals surface area contributed by atoms with Crippen LogP contribution in [-0.4, -0.2) is 24.9 Å². The first kappa shape index (κ1) is 19.0. The van der Waals surface area contributed by atoms with Gasteiger partial charge in [0.25, 0.3) is 0 Å². The van der Waals surface area contributed by atoms with Gasteiger partial charge >= 0.3 is 6.18 Å². The lowest BCUT2D eigenvalue weighted by Gasteiger charge is -2.26. The standard InChI is InChI=1S/C16H21F3N2O2/c1-11(22)21(10-9-20-14(23)15(2,3)4)13-8-6-5-7-12(13)16(17,18)19/h5-8H,9-10H2,1-4H3,(H,20,23). The average molecular weight is 330 g/mol. The Hall–Kier alpha value is -2.05. The Morgan fingerprint density at radius 3 is 2.17 bits per heavy atom. The maximum Gasteiger partial charge on any atom is 0.418 e. The summed E-state index contributed by atoms with van der Waals surface area (Å²) in [7, 11) is 0. The van der Waals surface area contributed by atoms with Gasteiger partial charge in [-0.3, -0.25) is 9.59 Å². The van der Waals surface area contributed by atoms with Crippen molar-refractivity contribution in [2.24, 2.45) is 5.41 Å². The minimum Gasteiger partial charge on any atom is -0.354 e. The van der Waals surface area contributed by atoms with Crippen LogP contribution in [0.2, 0.25) is 0 Å². The fourth-order valence-electron chi connectivity index (χ4n) is 1.94. The summed E-state index contributed by atoms with van der Waals surface area (Å²) >= 11 is 0. The molecule has 0 atom stereocenters. The van der Waals surface area contributed by atoms with Crippen LogP contribution in [0.3, 0.4) is 0 Å². The van der Waals surface area contributed by atoms with Crippen LogP contribution in [0.25, 0.3) is 0 Å². The van der Waals surface area contributed by atoms with Gasteiger partial charge in [0.2, 0.25) is 11.8 Å². The topological polar surface area (TPSA) is 49.4 Å². The third-order valence-corrected chi connectivity index (χ3v) is 3.18. The quantitative estimate of drug-likeness (QED) is 0.921. The second-order valence-corrected chi connectivity index (χ2v) is 6.19. The van der Waals surface area contributed by atoms with Crippen molar-refractivity contribution in [1.82, 2.24) is 5.32 Å². The van der Waals surface area contributed by atoms with Gasteiger partial charge in [0.15, 0.2) is 0 Å². The second-order valence-electron chi connectivity index (χ2n) is 6.19. The molecule has 0 aromatic heterocycles. The molecule has 1 aromatic rings. The lowest BCUT2D eigenvalue weighted by Crippen LogP contribution is -2.41. The summed E-state index contributed by atoms with van der Waals surface area (Å²) in [6.07, 6.45) is -4.56. The van der Waals surface area contributed by atoms with Crippen LogP contribution in [0.4, 0.5) is 18.9 Å². The number of carbonyl (C=O) groups excluding carboxylic acids is 2. The molecule has 4 nitrogen and oxygen atoms in total. The van der Waals surface area contributed by atoms with Crippen molar-refractivity contribution in [2.75, 3.05) is 18.0 Å². The number of nitrogens with zero attached hydrogens (tertiary/aromatic N) is 1. The van der Waals surface area contributed by atoms with Crippen LogP contribution >= 0.6 is 0 Å². The molecule has 128 valence electrons. The molecule has 0 aliphatic heterocycles. The van der Waals surface area contributed by atoms with Crippen molar-refractivity contribution < 1.29 is 22.8 Å². The Labute approximate surface area is 133 Å². The average Bonchev–Trinajstić information content (AvgIpc) is 2.41. The first-order valence-corrected chi connectivity index (χ1v) is 7.17. The molecular weight excluding hydrogens is 309 g/mol. The van der Waals surface area contributed by atoms with Gasteiger partial charge in [-0.1, -0.05) is 32.9 Å². The van der Waals surface area contributed by atoms with Crippen molar-refractivity contribution in [3.8, 4) is 0 Å². The highest BCUT2D eigenvalue weighted by Crippen LogP contribution is 2.36. The maximum atomic E-state index is 13.1. The Morgan fingerprint density at radius 2 is 1.70 bits per heavy atom. The van der Waals surface area contributed by atoms with Crippen LogP contribution in [0.5, 0.6) is 0 Å². The van der Waals surface area contributed by atoms with E-state index < -0.39 is 23.1 Å². The molecule has 0 unspecified atom stereocenters. The highest BCUT2D eigenvalue weighted by Gasteiger charge is 2.35. The number of benzene rings is 1. The summed E-state index contributed by atoms with van der Waals surface area (Å²) in [6, 6.07) is 4.88. The van der Waals surface area contributed by atoms with Crippen molar-refractivity contribution in [2.45, 2.75) is 33.9 Å². The van der Waals surface area contributed by atoms with E-state index in [4.69, 9.17) is 0 Å². The Bertz CT molecular complexity index is 577. The first-order chi connectivity index (χ1) is 10.4. The Kier molecular flexibility index (Phi) is 5.80. The summed E-state index contributed by atoms with van der Waals surface area (Å²) in [6.45, 7) is 6.41. The first-order valence-electron chi connectivity index (χ1n) is 7.17. The maximum absolute atomic E-state index is 13.1. The normalized spacial score (nSPS) is 12.0. The van der Waals surface area contributed by atoms with E-state index in [2.05, 4.69) is 5.32 Å². The van der Waals surface area contributed by atoms with Gasteiger partial charge < -0.3 is 10.2 Å². The van der Waals surface area contributed by atoms with Gasteiger partial charge in [0.05, 0.1) is 11.3 Å². The third kappa shape index (κ3) is 5.26. The number of para-hydroxylation sites is 1. The predicted octanol–water partition coefficient (Wildman–Crippen LogP) is 3.22. The molecule has 0 saturated carbocycles. The van der Waals surface area contributed by atoms with E-state index in [-0.39, 0.29) is 24.7 Å². The zero-order valence-electron chi connectivity index (χ0n) is 13.6. The molecule has 0 saturated heterocycles. The largest absolute Gasteiger partial charge is 0.418 e. The minimum absolute atomic E-state index is 0.0375. The summed E-state index contributed by atoms with van der Waals surface area (Å²) in [5.74, 6) is -0.753. The van der Waals surface area contributed by atoms with Crippen LogP contribution in [0.1, 0.15) is 33.3 Å². The van der Waals surface area contributed by atoms with E-state index in [1.54, 1.807) is 20.8 Å². The van der Waals surface area contributed by atoms with Crippen molar-refractivity contribution in [3.63, 3.8) is 0 Å². The van der Waals surface area contributed by atoms with Crippen molar-refractivity contribution in [1.29, 1.82) is 0 Å². The monoisotopic (exact) mass is 330 g/mol. The van der Waals surface area contributed by atoms with Gasteiger partial charge in [-0.15, -0.1) is 0 Å². The molecular formula is C16H21F3N2O2. The van der Waals surface area contributed by atoms with E-state index in [0.717, 1.165) is 11.0 Å². The number of amides is 2. The SMILES string of the molecule is CC(=O)N(CCNC(=O)C(C)(C)C)c1ccccc1C(F)(F)F. The van der Waals surface area contributed by atoms with Crippen LogP contribution in [-0.2, 0) is 15.8 Å². The second kappa shape index (κ2) is 7.02. The van der Waals surface area contributed by atoms with Crippen LogP contribution in [0.15, 0.2) is 24.3 Å². The number of rotatable bonds is 4. The number of anilines is 1. The van der Waals surface area contributed by atoms with E-state index in [1.807, 2.05) is 0 Å². The van der Waals surface area contributed by atoms with Crippen molar-refractivity contribution in [3.05, 3.63) is 29.8 Å². The highest BCUT2D eigenvalue weighted by atomic mass is 19.4. The van der Waals surface area contributed by atoms with E-state index in [0.29, 0.717) is 0 Å². The van der Waals surface area contributed by atoms with Crippen LogP contribution in [0, 0.1) is 5.41 Å². The lowest BCUT2D eigenvalue weighted by molar-refractivity contribution is -0.137. The molecule has 0 radical (unpaired) electrons. The molecule has 1 N–H and O–H groups in total. The number of nitrogens with one attached hydrogen (secondary N) is 1. The zero-order valence-corrected chi connectivity index (χ0v) is 13.6. The number of hydrogen-bond donors (Lipinski definition) is 1. The Morgan fingerprint density at radius 1 is 1.13 bits per heavy atom. The van der Waals surface area contributed by atoms with E-state index in [1.165, 1.54) is 25.1 Å². The molecule has 0 aliphatic carbocycles. The molecule has 0 bridgehead atoms. The predicted molar refractivity (Wildman–Crippen MR) is 81.9 cm³/mol. The zero-order chi connectivity index (χ0) is 17.8. The van der Waals surface area contributed by atoms with Gasteiger partial charge in [-0.25, -0.2) is 0 Å². The fourth-order valence-corrected chi connectivity index (χ4v) is 1.94.